The maximum absolute atomic E-state index is 12.3. The van der Waals surface area contributed by atoms with Crippen LogP contribution in [0.3, 0.4) is 0 Å². The van der Waals surface area contributed by atoms with Crippen LogP contribution in [0, 0.1) is 0 Å². The van der Waals surface area contributed by atoms with Gasteiger partial charge in [-0.2, -0.15) is 0 Å². The second kappa shape index (κ2) is 7.14. The van der Waals surface area contributed by atoms with Crippen molar-refractivity contribution in [2.75, 3.05) is 5.32 Å². The highest BCUT2D eigenvalue weighted by atomic mass is 32.1. The van der Waals surface area contributed by atoms with Gasteiger partial charge in [0, 0.05) is 0 Å². The van der Waals surface area contributed by atoms with Gasteiger partial charge in [-0.05, 0) is 36.8 Å². The molecule has 2 aromatic heterocycles. The van der Waals surface area contributed by atoms with E-state index in [-0.39, 0.29) is 23.6 Å². The molecule has 122 valence electrons. The summed E-state index contributed by atoms with van der Waals surface area (Å²) in [6, 6.07) is 16.3. The molecule has 0 aliphatic rings. The first-order valence-electron chi connectivity index (χ1n) is 7.44. The molecular formula is C18H16N2O3S. The van der Waals surface area contributed by atoms with Gasteiger partial charge in [-0.25, -0.2) is 0 Å². The van der Waals surface area contributed by atoms with Gasteiger partial charge in [-0.1, -0.05) is 30.3 Å². The summed E-state index contributed by atoms with van der Waals surface area (Å²) in [4.78, 5) is 24.8. The largest absolute Gasteiger partial charge is 0.459 e. The van der Waals surface area contributed by atoms with E-state index in [4.69, 9.17) is 4.42 Å². The van der Waals surface area contributed by atoms with Gasteiger partial charge in [0.2, 0.25) is 0 Å². The van der Waals surface area contributed by atoms with Crippen LogP contribution in [0.5, 0.6) is 0 Å². The molecule has 0 saturated heterocycles. The lowest BCUT2D eigenvalue weighted by Gasteiger charge is -2.13. The molecule has 6 heteroatoms. The fourth-order valence-electron chi connectivity index (χ4n) is 2.20. The molecule has 0 spiro atoms. The number of hydrogen-bond donors (Lipinski definition) is 2. The molecule has 0 bridgehead atoms. The van der Waals surface area contributed by atoms with Gasteiger partial charge < -0.3 is 15.1 Å². The zero-order valence-corrected chi connectivity index (χ0v) is 13.8. The van der Waals surface area contributed by atoms with Crippen LogP contribution in [0.15, 0.2) is 65.3 Å². The summed E-state index contributed by atoms with van der Waals surface area (Å²) >= 11 is 1.22. The van der Waals surface area contributed by atoms with Crippen molar-refractivity contribution >= 4 is 28.2 Å². The molecular weight excluding hydrogens is 324 g/mol. The van der Waals surface area contributed by atoms with Crippen molar-refractivity contribution in [3.8, 4) is 0 Å². The number of carbonyl (C=O) groups excluding carboxylic acids is 2. The zero-order chi connectivity index (χ0) is 16.9. The fraction of sp³-hybridized carbons (Fsp3) is 0.111. The Balaban J connectivity index is 1.62. The van der Waals surface area contributed by atoms with Crippen molar-refractivity contribution < 1.29 is 14.0 Å². The number of rotatable bonds is 5. The molecule has 0 unspecified atom stereocenters. The lowest BCUT2D eigenvalue weighted by Crippen LogP contribution is -2.25. The van der Waals surface area contributed by atoms with E-state index in [1.807, 2.05) is 37.3 Å². The van der Waals surface area contributed by atoms with E-state index >= 15 is 0 Å². The van der Waals surface area contributed by atoms with Crippen LogP contribution in [-0.4, -0.2) is 11.8 Å². The molecule has 3 aromatic rings. The predicted molar refractivity (Wildman–Crippen MR) is 93.3 cm³/mol. The third kappa shape index (κ3) is 3.72. The Bertz CT molecular complexity index is 825. The van der Waals surface area contributed by atoms with E-state index in [0.717, 1.165) is 5.56 Å². The van der Waals surface area contributed by atoms with Crippen LogP contribution in [0.1, 0.15) is 38.8 Å². The molecule has 3 rings (SSSR count). The Kier molecular flexibility index (Phi) is 4.77. The summed E-state index contributed by atoms with van der Waals surface area (Å²) in [5, 5.41) is 6.25. The Labute approximate surface area is 143 Å². The predicted octanol–water partition coefficient (Wildman–Crippen LogP) is 4.08. The van der Waals surface area contributed by atoms with Crippen molar-refractivity contribution in [1.29, 1.82) is 0 Å². The van der Waals surface area contributed by atoms with Gasteiger partial charge in [0.15, 0.2) is 5.76 Å². The highest BCUT2D eigenvalue weighted by Crippen LogP contribution is 2.23. The third-order valence-electron chi connectivity index (χ3n) is 3.46. The Morgan fingerprint density at radius 2 is 1.79 bits per heavy atom. The summed E-state index contributed by atoms with van der Waals surface area (Å²) in [6.45, 7) is 1.93. The number of hydrogen-bond acceptors (Lipinski definition) is 4. The van der Waals surface area contributed by atoms with Crippen LogP contribution in [0.2, 0.25) is 0 Å². The summed E-state index contributed by atoms with van der Waals surface area (Å²) in [5.41, 5.74) is 1.04. The molecule has 5 nitrogen and oxygen atoms in total. The first-order chi connectivity index (χ1) is 11.6. The summed E-state index contributed by atoms with van der Waals surface area (Å²) in [5.74, 6) is -0.284. The average Bonchev–Trinajstić information content (AvgIpc) is 3.27. The molecule has 0 aliphatic carbocycles. The second-order valence-electron chi connectivity index (χ2n) is 5.20. The Morgan fingerprint density at radius 1 is 1.00 bits per heavy atom. The molecule has 0 aliphatic heterocycles. The molecule has 2 N–H and O–H groups in total. The Hall–Kier alpha value is -2.86. The zero-order valence-electron chi connectivity index (χ0n) is 13.0. The minimum atomic E-state index is -0.341. The van der Waals surface area contributed by atoms with Crippen LogP contribution >= 0.6 is 11.3 Å². The minimum absolute atomic E-state index is 0.0954. The maximum Gasteiger partial charge on any atom is 0.291 e. The minimum Gasteiger partial charge on any atom is -0.459 e. The van der Waals surface area contributed by atoms with E-state index in [1.54, 1.807) is 24.3 Å². The molecule has 24 heavy (non-hydrogen) atoms. The number of furan rings is 1. The van der Waals surface area contributed by atoms with Crippen LogP contribution < -0.4 is 10.6 Å². The lowest BCUT2D eigenvalue weighted by molar-refractivity contribution is 0.0942. The average molecular weight is 340 g/mol. The van der Waals surface area contributed by atoms with Crippen molar-refractivity contribution in [2.45, 2.75) is 13.0 Å². The molecule has 1 atom stereocenters. The van der Waals surface area contributed by atoms with E-state index < -0.39 is 0 Å². The SMILES string of the molecule is C[C@H](NC(=O)c1ccc(NC(=O)c2ccco2)s1)c1ccccc1. The van der Waals surface area contributed by atoms with E-state index in [0.29, 0.717) is 9.88 Å². The van der Waals surface area contributed by atoms with Gasteiger partial charge in [0.05, 0.1) is 22.2 Å². The number of nitrogens with one attached hydrogen (secondary N) is 2. The van der Waals surface area contributed by atoms with Gasteiger partial charge >= 0.3 is 0 Å². The lowest BCUT2D eigenvalue weighted by atomic mass is 10.1. The molecule has 1 aromatic carbocycles. The van der Waals surface area contributed by atoms with Crippen molar-refractivity contribution in [2.24, 2.45) is 0 Å². The molecule has 2 heterocycles. The van der Waals surface area contributed by atoms with Gasteiger partial charge in [0.1, 0.15) is 0 Å². The molecule has 0 radical (unpaired) electrons. The first-order valence-corrected chi connectivity index (χ1v) is 8.25. The second-order valence-corrected chi connectivity index (χ2v) is 6.28. The number of anilines is 1. The van der Waals surface area contributed by atoms with E-state index in [2.05, 4.69) is 10.6 Å². The summed E-state index contributed by atoms with van der Waals surface area (Å²) in [6.07, 6.45) is 1.44. The number of benzene rings is 1. The monoisotopic (exact) mass is 340 g/mol. The van der Waals surface area contributed by atoms with Crippen LogP contribution in [0.25, 0.3) is 0 Å². The van der Waals surface area contributed by atoms with Gasteiger partial charge in [-0.15, -0.1) is 11.3 Å². The quantitative estimate of drug-likeness (QED) is 0.735. The van der Waals surface area contributed by atoms with Crippen LogP contribution in [0.4, 0.5) is 5.00 Å². The first kappa shape index (κ1) is 16.0. The van der Waals surface area contributed by atoms with Gasteiger partial charge in [0.25, 0.3) is 11.8 Å². The van der Waals surface area contributed by atoms with Crippen LogP contribution in [-0.2, 0) is 0 Å². The molecule has 0 fully saturated rings. The number of carbonyl (C=O) groups is 2. The highest BCUT2D eigenvalue weighted by Gasteiger charge is 2.15. The maximum atomic E-state index is 12.3. The third-order valence-corrected chi connectivity index (χ3v) is 4.46. The van der Waals surface area contributed by atoms with Crippen molar-refractivity contribution in [3.63, 3.8) is 0 Å². The fourth-order valence-corrected chi connectivity index (χ4v) is 3.01. The van der Waals surface area contributed by atoms with Crippen molar-refractivity contribution in [3.05, 3.63) is 77.1 Å². The normalized spacial score (nSPS) is 11.7. The molecule has 2 amide bonds. The molecule has 0 saturated carbocycles. The van der Waals surface area contributed by atoms with E-state index in [1.165, 1.54) is 17.6 Å². The number of thiophene rings is 1. The topological polar surface area (TPSA) is 71.3 Å². The van der Waals surface area contributed by atoms with Crippen molar-refractivity contribution in [1.82, 2.24) is 5.32 Å². The van der Waals surface area contributed by atoms with E-state index in [9.17, 15) is 9.59 Å². The smallest absolute Gasteiger partial charge is 0.291 e. The number of amides is 2. The summed E-state index contributed by atoms with van der Waals surface area (Å²) in [7, 11) is 0. The summed E-state index contributed by atoms with van der Waals surface area (Å²) < 4.78 is 5.04. The Morgan fingerprint density at radius 3 is 2.50 bits per heavy atom. The standard InChI is InChI=1S/C18H16N2O3S/c1-12(13-6-3-2-4-7-13)19-18(22)15-9-10-16(24-15)20-17(21)14-8-5-11-23-14/h2-12H,1H3,(H,19,22)(H,20,21)/t12-/m0/s1. The van der Waals surface area contributed by atoms with Gasteiger partial charge in [-0.3, -0.25) is 9.59 Å². The highest BCUT2D eigenvalue weighted by molar-refractivity contribution is 7.18.